The van der Waals surface area contributed by atoms with Crippen molar-refractivity contribution in [3.05, 3.63) is 6.42 Å². The minimum Gasteiger partial charge on any atom is -0.0654 e. The predicted molar refractivity (Wildman–Crippen MR) is 131 cm³/mol. The number of hydrogen-bond acceptors (Lipinski definition) is 0. The van der Waals surface area contributed by atoms with E-state index in [9.17, 15) is 0 Å². The maximum absolute atomic E-state index is 2.86. The maximum atomic E-state index is 2.86. The van der Waals surface area contributed by atoms with Crippen LogP contribution < -0.4 is 0 Å². The van der Waals surface area contributed by atoms with E-state index in [1.165, 1.54) is 135 Å². The lowest BCUT2D eigenvalue weighted by molar-refractivity contribution is 0.366. The van der Waals surface area contributed by atoms with Crippen molar-refractivity contribution >= 4 is 0 Å². The normalized spacial score (nSPS) is 13.7. The topological polar surface area (TPSA) is 0 Å². The number of rotatable bonds is 23. The summed E-state index contributed by atoms with van der Waals surface area (Å²) >= 11 is 0. The molecule has 0 rings (SSSR count). The Bertz CT molecular complexity index is 269. The van der Waals surface area contributed by atoms with E-state index in [0.717, 1.165) is 11.8 Å². The molecule has 0 aromatic heterocycles. The van der Waals surface area contributed by atoms with Crippen LogP contribution in [0.25, 0.3) is 0 Å². The molecule has 0 heteroatoms. The largest absolute Gasteiger partial charge is 0.0654 e. The van der Waals surface area contributed by atoms with Gasteiger partial charge in [-0.25, -0.2) is 0 Å². The third kappa shape index (κ3) is 19.3. The van der Waals surface area contributed by atoms with Gasteiger partial charge in [0.05, 0.1) is 0 Å². The summed E-state index contributed by atoms with van der Waals surface area (Å²) < 4.78 is 0. The van der Waals surface area contributed by atoms with Crippen molar-refractivity contribution in [2.45, 2.75) is 163 Å². The van der Waals surface area contributed by atoms with E-state index >= 15 is 0 Å². The van der Waals surface area contributed by atoms with E-state index < -0.39 is 0 Å². The standard InChI is InChI=1S/C28H57/c1-5-9-13-16-20-24-27(22-18-12-8-4)26-28(23-19-15-11-7-3)25-21-17-14-10-6-2/h26-28H,5-25H2,1-4H3. The second-order valence-electron chi connectivity index (χ2n) is 9.46. The molecule has 28 heavy (non-hydrogen) atoms. The Hall–Kier alpha value is 0. The monoisotopic (exact) mass is 393 g/mol. The molecule has 0 fully saturated rings. The summed E-state index contributed by atoms with van der Waals surface area (Å²) in [6.07, 6.45) is 33.0. The summed E-state index contributed by atoms with van der Waals surface area (Å²) in [5, 5.41) is 0. The lowest BCUT2D eigenvalue weighted by Crippen LogP contribution is -2.11. The van der Waals surface area contributed by atoms with Gasteiger partial charge >= 0.3 is 0 Å². The molecule has 0 nitrogen and oxygen atoms in total. The van der Waals surface area contributed by atoms with Crippen molar-refractivity contribution < 1.29 is 0 Å². The predicted octanol–water partition coefficient (Wildman–Crippen LogP) is 10.7. The first-order valence-electron chi connectivity index (χ1n) is 13.6. The third-order valence-corrected chi connectivity index (χ3v) is 6.51. The Morgan fingerprint density at radius 3 is 0.964 bits per heavy atom. The lowest BCUT2D eigenvalue weighted by atomic mass is 9.82. The van der Waals surface area contributed by atoms with Gasteiger partial charge in [-0.3, -0.25) is 0 Å². The Labute approximate surface area is 181 Å². The Kier molecular flexibility index (Phi) is 23.3. The first-order valence-corrected chi connectivity index (χ1v) is 13.6. The van der Waals surface area contributed by atoms with E-state index in [2.05, 4.69) is 34.1 Å². The van der Waals surface area contributed by atoms with E-state index in [4.69, 9.17) is 0 Å². The summed E-state index contributed by atoms with van der Waals surface area (Å²) in [6.45, 7) is 9.33. The maximum Gasteiger partial charge on any atom is -0.0324 e. The summed E-state index contributed by atoms with van der Waals surface area (Å²) in [5.74, 6) is 1.81. The molecule has 2 unspecified atom stereocenters. The van der Waals surface area contributed by atoms with Crippen LogP contribution >= 0.6 is 0 Å². The average Bonchev–Trinajstić information content (AvgIpc) is 2.70. The van der Waals surface area contributed by atoms with E-state index in [1.54, 1.807) is 0 Å². The molecule has 169 valence electrons. The van der Waals surface area contributed by atoms with Gasteiger partial charge in [-0.1, -0.05) is 163 Å². The molecule has 0 N–H and O–H groups in total. The highest BCUT2D eigenvalue weighted by Gasteiger charge is 2.16. The van der Waals surface area contributed by atoms with Crippen molar-refractivity contribution in [1.29, 1.82) is 0 Å². The fourth-order valence-corrected chi connectivity index (χ4v) is 4.57. The highest BCUT2D eigenvalue weighted by molar-refractivity contribution is 4.84. The fraction of sp³-hybridized carbons (Fsp3) is 0.964. The molecule has 0 bridgehead atoms. The van der Waals surface area contributed by atoms with E-state index in [1.807, 2.05) is 0 Å². The molecule has 0 amide bonds. The van der Waals surface area contributed by atoms with Gasteiger partial charge in [0.25, 0.3) is 0 Å². The van der Waals surface area contributed by atoms with Crippen LogP contribution in [0, 0.1) is 18.3 Å². The van der Waals surface area contributed by atoms with Gasteiger partial charge in [0.2, 0.25) is 0 Å². The summed E-state index contributed by atoms with van der Waals surface area (Å²) in [5.41, 5.74) is 0. The first kappa shape index (κ1) is 28.0. The van der Waals surface area contributed by atoms with Crippen LogP contribution in [0.3, 0.4) is 0 Å². The van der Waals surface area contributed by atoms with Crippen molar-refractivity contribution in [3.8, 4) is 0 Å². The van der Waals surface area contributed by atoms with Crippen molar-refractivity contribution in [2.24, 2.45) is 11.8 Å². The molecule has 0 aliphatic rings. The minimum atomic E-state index is 0.903. The van der Waals surface area contributed by atoms with E-state index in [-0.39, 0.29) is 0 Å². The summed E-state index contributed by atoms with van der Waals surface area (Å²) in [4.78, 5) is 0. The molecule has 0 aliphatic carbocycles. The number of hydrogen-bond donors (Lipinski definition) is 0. The smallest absolute Gasteiger partial charge is 0.0324 e. The van der Waals surface area contributed by atoms with Gasteiger partial charge in [-0.2, -0.15) is 0 Å². The second kappa shape index (κ2) is 23.3. The molecule has 2 atom stereocenters. The lowest BCUT2D eigenvalue weighted by Gasteiger charge is -2.24. The Morgan fingerprint density at radius 2 is 0.607 bits per heavy atom. The molecule has 0 saturated heterocycles. The summed E-state index contributed by atoms with van der Waals surface area (Å²) in [7, 11) is 0. The van der Waals surface area contributed by atoms with Crippen LogP contribution in [0.5, 0.6) is 0 Å². The zero-order valence-corrected chi connectivity index (χ0v) is 20.6. The van der Waals surface area contributed by atoms with Crippen LogP contribution in [0.4, 0.5) is 0 Å². The quantitative estimate of drug-likeness (QED) is 0.151. The molecule has 1 radical (unpaired) electrons. The average molecular weight is 394 g/mol. The molecule has 0 spiro atoms. The van der Waals surface area contributed by atoms with Crippen molar-refractivity contribution in [1.82, 2.24) is 0 Å². The Balaban J connectivity index is 4.41. The van der Waals surface area contributed by atoms with Crippen LogP contribution in [0.15, 0.2) is 0 Å². The van der Waals surface area contributed by atoms with Gasteiger partial charge in [0, 0.05) is 0 Å². The molecule has 0 aromatic rings. The van der Waals surface area contributed by atoms with Gasteiger partial charge in [-0.15, -0.1) is 0 Å². The van der Waals surface area contributed by atoms with Crippen LogP contribution in [-0.4, -0.2) is 0 Å². The fourth-order valence-electron chi connectivity index (χ4n) is 4.57. The van der Waals surface area contributed by atoms with Crippen LogP contribution in [0.2, 0.25) is 0 Å². The SMILES string of the molecule is CCCCCCCC([CH]C(CCCCCC)CCCCCCC)CCCCC. The van der Waals surface area contributed by atoms with Crippen LogP contribution in [0.1, 0.15) is 163 Å². The van der Waals surface area contributed by atoms with Gasteiger partial charge in [-0.05, 0) is 18.3 Å². The van der Waals surface area contributed by atoms with E-state index in [0.29, 0.717) is 0 Å². The van der Waals surface area contributed by atoms with Crippen LogP contribution in [-0.2, 0) is 0 Å². The van der Waals surface area contributed by atoms with Crippen molar-refractivity contribution in [3.63, 3.8) is 0 Å². The first-order chi connectivity index (χ1) is 13.8. The highest BCUT2D eigenvalue weighted by atomic mass is 14.2. The molecule has 0 aromatic carbocycles. The second-order valence-corrected chi connectivity index (χ2v) is 9.46. The third-order valence-electron chi connectivity index (χ3n) is 6.51. The van der Waals surface area contributed by atoms with Gasteiger partial charge in [0.1, 0.15) is 0 Å². The minimum absolute atomic E-state index is 0.903. The molecular weight excluding hydrogens is 336 g/mol. The molecule has 0 heterocycles. The van der Waals surface area contributed by atoms with Gasteiger partial charge in [0.15, 0.2) is 0 Å². The summed E-state index contributed by atoms with van der Waals surface area (Å²) in [6, 6.07) is 0. The van der Waals surface area contributed by atoms with Crippen molar-refractivity contribution in [2.75, 3.05) is 0 Å². The van der Waals surface area contributed by atoms with Gasteiger partial charge < -0.3 is 0 Å². The highest BCUT2D eigenvalue weighted by Crippen LogP contribution is 2.30. The zero-order valence-electron chi connectivity index (χ0n) is 20.6. The zero-order chi connectivity index (χ0) is 20.7. The molecular formula is C28H57. The number of unbranched alkanes of at least 4 members (excludes halogenated alkanes) is 13. The molecule has 0 aliphatic heterocycles. The Morgan fingerprint density at radius 1 is 0.357 bits per heavy atom. The molecule has 0 saturated carbocycles.